The Morgan fingerprint density at radius 3 is 2.37 bits per heavy atom. The molecule has 7 heteroatoms. The number of carboxylic acids is 1. The van der Waals surface area contributed by atoms with E-state index in [2.05, 4.69) is 17.8 Å². The Morgan fingerprint density at radius 1 is 1.07 bits per heavy atom. The number of carbonyl (C=O) groups is 3. The largest absolute Gasteiger partial charge is 0.494 e. The number of aliphatic carboxylic acids is 1. The monoisotopic (exact) mass is 372 g/mol. The van der Waals surface area contributed by atoms with Crippen molar-refractivity contribution in [2.24, 2.45) is 23.7 Å². The van der Waals surface area contributed by atoms with E-state index in [1.54, 1.807) is 24.3 Å². The summed E-state index contributed by atoms with van der Waals surface area (Å²) in [7, 11) is 0. The molecule has 2 amide bonds. The molecule has 0 heterocycles. The van der Waals surface area contributed by atoms with Crippen molar-refractivity contribution in [3.63, 3.8) is 0 Å². The van der Waals surface area contributed by atoms with Gasteiger partial charge in [-0.2, -0.15) is 0 Å². The van der Waals surface area contributed by atoms with Crippen LogP contribution in [0.15, 0.2) is 36.4 Å². The summed E-state index contributed by atoms with van der Waals surface area (Å²) >= 11 is 0. The molecule has 7 nitrogen and oxygen atoms in total. The molecule has 2 aliphatic rings. The lowest BCUT2D eigenvalue weighted by Crippen LogP contribution is -2.48. The summed E-state index contributed by atoms with van der Waals surface area (Å²) in [5.41, 5.74) is 5.13. The number of ether oxygens (including phenoxy) is 1. The summed E-state index contributed by atoms with van der Waals surface area (Å²) in [6.45, 7) is 2.71. The smallest absolute Gasteiger partial charge is 0.307 e. The highest BCUT2D eigenvalue weighted by atomic mass is 16.5. The van der Waals surface area contributed by atoms with Crippen molar-refractivity contribution >= 4 is 17.8 Å². The standard InChI is InChI=1S/C20H24N2O5/c1-2-3-10-27-15-8-6-12(7-9-15)18(23)21-22-19(24)16-13-4-5-14(11-13)17(16)20(25)26/h4-9,13-14,16-17H,2-3,10-11H2,1H3,(H,21,23)(H,22,24)(H,25,26)/t13-,14-,16+,17+/m0/s1. The molecule has 1 aromatic carbocycles. The molecule has 3 N–H and O–H groups in total. The fraction of sp³-hybridized carbons (Fsp3) is 0.450. The van der Waals surface area contributed by atoms with Crippen LogP contribution in [0, 0.1) is 23.7 Å². The minimum Gasteiger partial charge on any atom is -0.494 e. The number of hydrogen-bond donors (Lipinski definition) is 3. The second-order valence-electron chi connectivity index (χ2n) is 7.01. The lowest BCUT2D eigenvalue weighted by molar-refractivity contribution is -0.148. The zero-order chi connectivity index (χ0) is 19.4. The Balaban J connectivity index is 1.53. The number of hydrazine groups is 1. The third kappa shape index (κ3) is 4.13. The fourth-order valence-corrected chi connectivity index (χ4v) is 3.83. The summed E-state index contributed by atoms with van der Waals surface area (Å²) in [5, 5.41) is 9.40. The van der Waals surface area contributed by atoms with E-state index >= 15 is 0 Å². The van der Waals surface area contributed by atoms with Gasteiger partial charge in [0.2, 0.25) is 5.91 Å². The average molecular weight is 372 g/mol. The van der Waals surface area contributed by atoms with Crippen LogP contribution in [-0.4, -0.2) is 29.5 Å². The van der Waals surface area contributed by atoms with Crippen LogP contribution >= 0.6 is 0 Å². The molecule has 0 aliphatic heterocycles. The van der Waals surface area contributed by atoms with Gasteiger partial charge < -0.3 is 9.84 Å². The molecular weight excluding hydrogens is 348 g/mol. The van der Waals surface area contributed by atoms with Crippen LogP contribution in [0.1, 0.15) is 36.5 Å². The number of carbonyl (C=O) groups excluding carboxylic acids is 2. The number of nitrogens with one attached hydrogen (secondary N) is 2. The van der Waals surface area contributed by atoms with Crippen molar-refractivity contribution in [1.82, 2.24) is 10.9 Å². The van der Waals surface area contributed by atoms with E-state index in [1.165, 1.54) is 0 Å². The van der Waals surface area contributed by atoms with Gasteiger partial charge in [0.25, 0.3) is 5.91 Å². The Bertz CT molecular complexity index is 743. The normalized spacial score (nSPS) is 25.2. The van der Waals surface area contributed by atoms with Crippen LogP contribution in [0.4, 0.5) is 0 Å². The van der Waals surface area contributed by atoms with Gasteiger partial charge >= 0.3 is 5.97 Å². The molecular formula is C20H24N2O5. The molecule has 2 aliphatic carbocycles. The number of allylic oxidation sites excluding steroid dienone is 2. The van der Waals surface area contributed by atoms with Crippen molar-refractivity contribution in [1.29, 1.82) is 0 Å². The average Bonchev–Trinajstić information content (AvgIpc) is 3.28. The van der Waals surface area contributed by atoms with Crippen molar-refractivity contribution in [2.75, 3.05) is 6.61 Å². The summed E-state index contributed by atoms with van der Waals surface area (Å²) in [4.78, 5) is 36.1. The van der Waals surface area contributed by atoms with E-state index in [0.29, 0.717) is 24.3 Å². The molecule has 144 valence electrons. The molecule has 0 unspecified atom stereocenters. The van der Waals surface area contributed by atoms with Crippen molar-refractivity contribution in [3.05, 3.63) is 42.0 Å². The highest BCUT2D eigenvalue weighted by molar-refractivity contribution is 5.96. The van der Waals surface area contributed by atoms with Crippen LogP contribution in [0.2, 0.25) is 0 Å². The molecule has 3 rings (SSSR count). The van der Waals surface area contributed by atoms with E-state index in [0.717, 1.165) is 12.8 Å². The lowest BCUT2D eigenvalue weighted by atomic mass is 9.82. The Hall–Kier alpha value is -2.83. The molecule has 1 saturated carbocycles. The predicted octanol–water partition coefficient (Wildman–Crippen LogP) is 2.15. The molecule has 1 fully saturated rings. The van der Waals surface area contributed by atoms with E-state index < -0.39 is 29.6 Å². The molecule has 0 saturated heterocycles. The first-order valence-corrected chi connectivity index (χ1v) is 9.25. The number of amides is 2. The zero-order valence-electron chi connectivity index (χ0n) is 15.2. The third-order valence-corrected chi connectivity index (χ3v) is 5.23. The molecule has 4 atom stereocenters. The lowest BCUT2D eigenvalue weighted by Gasteiger charge is -2.23. The summed E-state index contributed by atoms with van der Waals surface area (Å²) in [5.74, 6) is -2.82. The maximum Gasteiger partial charge on any atom is 0.307 e. The van der Waals surface area contributed by atoms with E-state index in [4.69, 9.17) is 4.74 Å². The van der Waals surface area contributed by atoms with Crippen molar-refractivity contribution in [3.8, 4) is 5.75 Å². The van der Waals surface area contributed by atoms with Crippen LogP contribution in [-0.2, 0) is 9.59 Å². The van der Waals surface area contributed by atoms with Gasteiger partial charge in [0.05, 0.1) is 18.4 Å². The van der Waals surface area contributed by atoms with Crippen LogP contribution in [0.5, 0.6) is 5.75 Å². The second-order valence-corrected chi connectivity index (χ2v) is 7.01. The molecule has 27 heavy (non-hydrogen) atoms. The van der Waals surface area contributed by atoms with Crippen molar-refractivity contribution < 1.29 is 24.2 Å². The number of hydrogen-bond acceptors (Lipinski definition) is 4. The molecule has 1 aromatic rings. The van der Waals surface area contributed by atoms with Gasteiger partial charge in [-0.1, -0.05) is 25.5 Å². The van der Waals surface area contributed by atoms with Gasteiger partial charge in [-0.15, -0.1) is 0 Å². The maximum absolute atomic E-state index is 12.4. The number of unbranched alkanes of at least 4 members (excludes halogenated alkanes) is 1. The van der Waals surface area contributed by atoms with Gasteiger partial charge in [0.1, 0.15) is 5.75 Å². The number of benzene rings is 1. The Morgan fingerprint density at radius 2 is 1.74 bits per heavy atom. The van der Waals surface area contributed by atoms with Gasteiger partial charge in [0.15, 0.2) is 0 Å². The minimum atomic E-state index is -0.975. The number of fused-ring (bicyclic) bond motifs is 2. The second kappa shape index (κ2) is 8.24. The number of rotatable bonds is 7. The van der Waals surface area contributed by atoms with Crippen molar-refractivity contribution in [2.45, 2.75) is 26.2 Å². The van der Waals surface area contributed by atoms with Crippen LogP contribution < -0.4 is 15.6 Å². The molecule has 0 spiro atoms. The highest BCUT2D eigenvalue weighted by Gasteiger charge is 2.51. The van der Waals surface area contributed by atoms with Gasteiger partial charge in [-0.05, 0) is 48.9 Å². The SMILES string of the molecule is CCCCOc1ccc(C(=O)NNC(=O)[C@H]2[C@H](C(=O)O)[C@H]3C=C[C@H]2C3)cc1. The summed E-state index contributed by atoms with van der Waals surface area (Å²) < 4.78 is 5.55. The summed E-state index contributed by atoms with van der Waals surface area (Å²) in [6, 6.07) is 6.63. The summed E-state index contributed by atoms with van der Waals surface area (Å²) in [6.07, 6.45) is 6.44. The number of carboxylic acid groups (broad SMARTS) is 1. The van der Waals surface area contributed by atoms with Gasteiger partial charge in [0, 0.05) is 5.56 Å². The quantitative estimate of drug-likeness (QED) is 0.386. The van der Waals surface area contributed by atoms with E-state index in [9.17, 15) is 19.5 Å². The van der Waals surface area contributed by atoms with Crippen LogP contribution in [0.25, 0.3) is 0 Å². The van der Waals surface area contributed by atoms with Gasteiger partial charge in [-0.3, -0.25) is 25.2 Å². The molecule has 2 bridgehead atoms. The maximum atomic E-state index is 12.4. The minimum absolute atomic E-state index is 0.0902. The van der Waals surface area contributed by atoms with Crippen LogP contribution in [0.3, 0.4) is 0 Å². The third-order valence-electron chi connectivity index (χ3n) is 5.23. The fourth-order valence-electron chi connectivity index (χ4n) is 3.83. The zero-order valence-corrected chi connectivity index (χ0v) is 15.2. The Kier molecular flexibility index (Phi) is 5.78. The molecule has 0 aromatic heterocycles. The first-order chi connectivity index (χ1) is 13.0. The first kappa shape index (κ1) is 18.9. The van der Waals surface area contributed by atoms with E-state index in [-0.39, 0.29) is 11.8 Å². The Labute approximate surface area is 157 Å². The van der Waals surface area contributed by atoms with Gasteiger partial charge in [-0.25, -0.2) is 0 Å². The predicted molar refractivity (Wildman–Crippen MR) is 97.8 cm³/mol. The topological polar surface area (TPSA) is 105 Å². The first-order valence-electron chi connectivity index (χ1n) is 9.25. The highest BCUT2D eigenvalue weighted by Crippen LogP contribution is 2.48. The molecule has 0 radical (unpaired) electrons. The van der Waals surface area contributed by atoms with E-state index in [1.807, 2.05) is 12.2 Å².